The number of sulfonamides is 1. The fourth-order valence-electron chi connectivity index (χ4n) is 4.40. The lowest BCUT2D eigenvalue weighted by molar-refractivity contribution is -0.136. The van der Waals surface area contributed by atoms with Crippen molar-refractivity contribution in [3.63, 3.8) is 0 Å². The average molecular weight is 408 g/mol. The Morgan fingerprint density at radius 3 is 2.21 bits per heavy atom. The summed E-state index contributed by atoms with van der Waals surface area (Å²) in [6, 6.07) is 6.93. The average Bonchev–Trinajstić information content (AvgIpc) is 2.94. The van der Waals surface area contributed by atoms with Crippen molar-refractivity contribution in [1.82, 2.24) is 14.5 Å². The third kappa shape index (κ3) is 3.60. The summed E-state index contributed by atoms with van der Waals surface area (Å²) in [6.07, 6.45) is 2.10. The van der Waals surface area contributed by atoms with E-state index in [0.717, 1.165) is 12.0 Å². The quantitative estimate of drug-likeness (QED) is 0.815. The van der Waals surface area contributed by atoms with Crippen LogP contribution in [-0.2, 0) is 14.8 Å². The Bertz CT molecular complexity index is 812. The molecule has 0 aromatic heterocycles. The van der Waals surface area contributed by atoms with Gasteiger partial charge in [0.2, 0.25) is 15.9 Å². The summed E-state index contributed by atoms with van der Waals surface area (Å²) in [6.45, 7) is 11.0. The van der Waals surface area contributed by atoms with Crippen LogP contribution < -0.4 is 5.32 Å². The van der Waals surface area contributed by atoms with Crippen molar-refractivity contribution in [2.45, 2.75) is 76.5 Å². The molecular formula is C21H33N3O3S. The number of benzene rings is 1. The van der Waals surface area contributed by atoms with E-state index in [1.54, 1.807) is 16.4 Å². The molecule has 0 radical (unpaired) electrons. The molecule has 1 spiro atoms. The normalized spacial score (nSPS) is 24.3. The number of hydrogen-bond donors (Lipinski definition) is 1. The number of piperidine rings is 1. The van der Waals surface area contributed by atoms with Gasteiger partial charge < -0.3 is 4.90 Å². The van der Waals surface area contributed by atoms with E-state index in [2.05, 4.69) is 33.0 Å². The smallest absolute Gasteiger partial charge is 0.243 e. The van der Waals surface area contributed by atoms with E-state index in [9.17, 15) is 13.2 Å². The molecule has 6 nitrogen and oxygen atoms in total. The number of rotatable bonds is 5. The van der Waals surface area contributed by atoms with Crippen molar-refractivity contribution in [3.05, 3.63) is 29.8 Å². The number of carbonyl (C=O) groups excluding carboxylic acids is 1. The number of hydrogen-bond acceptors (Lipinski definition) is 4. The van der Waals surface area contributed by atoms with Crippen LogP contribution in [0.15, 0.2) is 29.2 Å². The summed E-state index contributed by atoms with van der Waals surface area (Å²) in [4.78, 5) is 15.4. The van der Waals surface area contributed by atoms with Crippen LogP contribution in [0, 0.1) is 12.8 Å². The van der Waals surface area contributed by atoms with Gasteiger partial charge in [0.1, 0.15) is 0 Å². The summed E-state index contributed by atoms with van der Waals surface area (Å²) < 4.78 is 27.6. The molecule has 28 heavy (non-hydrogen) atoms. The Balaban J connectivity index is 1.82. The van der Waals surface area contributed by atoms with E-state index < -0.39 is 15.7 Å². The molecule has 2 saturated heterocycles. The molecule has 2 heterocycles. The van der Waals surface area contributed by atoms with Crippen LogP contribution in [0.3, 0.4) is 0 Å². The van der Waals surface area contributed by atoms with Crippen molar-refractivity contribution in [3.8, 4) is 0 Å². The third-order valence-electron chi connectivity index (χ3n) is 6.30. The second-order valence-electron chi connectivity index (χ2n) is 8.58. The van der Waals surface area contributed by atoms with Crippen molar-refractivity contribution >= 4 is 15.9 Å². The lowest BCUT2D eigenvalue weighted by Gasteiger charge is -2.46. The number of nitrogens with one attached hydrogen (secondary N) is 1. The highest BCUT2D eigenvalue weighted by molar-refractivity contribution is 7.89. The summed E-state index contributed by atoms with van der Waals surface area (Å²) in [7, 11) is -3.51. The van der Waals surface area contributed by atoms with Crippen LogP contribution in [0.4, 0.5) is 0 Å². The monoisotopic (exact) mass is 407 g/mol. The topological polar surface area (TPSA) is 69.7 Å². The minimum Gasteiger partial charge on any atom is -0.320 e. The number of aryl methyl sites for hydroxylation is 1. The zero-order chi connectivity index (χ0) is 20.7. The molecule has 2 aliphatic rings. The van der Waals surface area contributed by atoms with Gasteiger partial charge in [0.15, 0.2) is 0 Å². The first-order valence-electron chi connectivity index (χ1n) is 10.3. The largest absolute Gasteiger partial charge is 0.320 e. The molecular weight excluding hydrogens is 374 g/mol. The van der Waals surface area contributed by atoms with Crippen LogP contribution >= 0.6 is 0 Å². The molecule has 156 valence electrons. The van der Waals surface area contributed by atoms with Gasteiger partial charge in [-0.1, -0.05) is 38.5 Å². The van der Waals surface area contributed by atoms with Gasteiger partial charge in [0, 0.05) is 19.1 Å². The highest BCUT2D eigenvalue weighted by Gasteiger charge is 2.54. The van der Waals surface area contributed by atoms with Gasteiger partial charge in [0.05, 0.1) is 16.6 Å². The first kappa shape index (κ1) is 21.3. The zero-order valence-corrected chi connectivity index (χ0v) is 18.4. The number of carbonyl (C=O) groups is 1. The fourth-order valence-corrected chi connectivity index (χ4v) is 5.84. The molecule has 1 aromatic carbocycles. The zero-order valence-electron chi connectivity index (χ0n) is 17.6. The number of nitrogens with zero attached hydrogens (tertiary/aromatic N) is 2. The summed E-state index contributed by atoms with van der Waals surface area (Å²) in [5.74, 6) is 0.354. The summed E-state index contributed by atoms with van der Waals surface area (Å²) in [5.41, 5.74) is 0.593. The predicted octanol–water partition coefficient (Wildman–Crippen LogP) is 2.73. The molecule has 1 aromatic rings. The van der Waals surface area contributed by atoms with Gasteiger partial charge in [-0.15, -0.1) is 0 Å². The van der Waals surface area contributed by atoms with E-state index in [0.29, 0.717) is 30.8 Å². The standard InChI is InChI=1S/C21H33N3O3S/c1-6-17(5)24-20(25)19(15(2)3)22-21(24)11-13-23(14-12-21)28(26,27)18-9-7-16(4)8-10-18/h7-10,15,17,19,22H,6,11-14H2,1-5H3/t17-,19+/m1/s1. The van der Waals surface area contributed by atoms with E-state index in [4.69, 9.17) is 0 Å². The van der Waals surface area contributed by atoms with Crippen LogP contribution in [0.5, 0.6) is 0 Å². The van der Waals surface area contributed by atoms with Crippen molar-refractivity contribution in [1.29, 1.82) is 0 Å². The van der Waals surface area contributed by atoms with Crippen molar-refractivity contribution in [2.75, 3.05) is 13.1 Å². The first-order chi connectivity index (χ1) is 13.1. The van der Waals surface area contributed by atoms with E-state index in [1.165, 1.54) is 0 Å². The molecule has 0 aliphatic carbocycles. The first-order valence-corrected chi connectivity index (χ1v) is 11.7. The highest BCUT2D eigenvalue weighted by Crippen LogP contribution is 2.37. The van der Waals surface area contributed by atoms with E-state index in [1.807, 2.05) is 24.0 Å². The lowest BCUT2D eigenvalue weighted by Crippen LogP contribution is -2.61. The Morgan fingerprint density at radius 1 is 1.14 bits per heavy atom. The maximum absolute atomic E-state index is 13.1. The molecule has 0 saturated carbocycles. The fraction of sp³-hybridized carbons (Fsp3) is 0.667. The Kier molecular flexibility index (Phi) is 5.90. The van der Waals surface area contributed by atoms with Gasteiger partial charge in [-0.25, -0.2) is 8.42 Å². The van der Waals surface area contributed by atoms with Crippen molar-refractivity contribution < 1.29 is 13.2 Å². The molecule has 1 amide bonds. The summed E-state index contributed by atoms with van der Waals surface area (Å²) >= 11 is 0. The third-order valence-corrected chi connectivity index (χ3v) is 8.21. The SMILES string of the molecule is CC[C@@H](C)N1C(=O)[C@H](C(C)C)NC12CCN(S(=O)(=O)c1ccc(C)cc1)CC2. The second-order valence-corrected chi connectivity index (χ2v) is 10.5. The van der Waals surface area contributed by atoms with E-state index in [-0.39, 0.29) is 23.9 Å². The van der Waals surface area contributed by atoms with Crippen LogP contribution in [0.25, 0.3) is 0 Å². The predicted molar refractivity (Wildman–Crippen MR) is 110 cm³/mol. The van der Waals surface area contributed by atoms with Crippen LogP contribution in [-0.4, -0.2) is 54.4 Å². The minimum atomic E-state index is -3.51. The van der Waals surface area contributed by atoms with Gasteiger partial charge >= 0.3 is 0 Å². The maximum Gasteiger partial charge on any atom is 0.243 e. The van der Waals surface area contributed by atoms with Gasteiger partial charge in [-0.05, 0) is 51.2 Å². The van der Waals surface area contributed by atoms with Gasteiger partial charge in [0.25, 0.3) is 0 Å². The molecule has 2 aliphatic heterocycles. The minimum absolute atomic E-state index is 0.129. The number of amides is 1. The highest BCUT2D eigenvalue weighted by atomic mass is 32.2. The molecule has 0 bridgehead atoms. The van der Waals surface area contributed by atoms with Gasteiger partial charge in [-0.3, -0.25) is 10.1 Å². The van der Waals surface area contributed by atoms with Gasteiger partial charge in [-0.2, -0.15) is 4.31 Å². The molecule has 2 atom stereocenters. The Labute approximate surface area is 169 Å². The summed E-state index contributed by atoms with van der Waals surface area (Å²) in [5, 5.41) is 3.59. The molecule has 3 rings (SSSR count). The lowest BCUT2D eigenvalue weighted by atomic mass is 9.95. The molecule has 2 fully saturated rings. The molecule has 0 unspecified atom stereocenters. The van der Waals surface area contributed by atoms with E-state index >= 15 is 0 Å². The molecule has 7 heteroatoms. The van der Waals surface area contributed by atoms with Crippen molar-refractivity contribution in [2.24, 2.45) is 5.92 Å². The van der Waals surface area contributed by atoms with Crippen LogP contribution in [0.2, 0.25) is 0 Å². The molecule has 1 N–H and O–H groups in total. The second kappa shape index (κ2) is 7.76. The van der Waals surface area contributed by atoms with Crippen LogP contribution in [0.1, 0.15) is 52.5 Å². The maximum atomic E-state index is 13.1. The Hall–Kier alpha value is -1.44. The Morgan fingerprint density at radius 2 is 1.71 bits per heavy atom.